The minimum absolute atomic E-state index is 0.380. The summed E-state index contributed by atoms with van der Waals surface area (Å²) in [6.45, 7) is 0. The van der Waals surface area contributed by atoms with Crippen LogP contribution < -0.4 is 10.6 Å². The fourth-order valence-electron chi connectivity index (χ4n) is 1.81. The molecule has 23 heavy (non-hydrogen) atoms. The molecule has 0 aliphatic carbocycles. The SMILES string of the molecule is N#Cc1cccc(NC(=O)Nc2nnc(-c3ccncc3)s2)c1. The fourth-order valence-corrected chi connectivity index (χ4v) is 2.55. The van der Waals surface area contributed by atoms with Crippen LogP contribution in [0.2, 0.25) is 0 Å². The van der Waals surface area contributed by atoms with Crippen molar-refractivity contribution in [1.29, 1.82) is 5.26 Å². The smallest absolute Gasteiger partial charge is 0.308 e. The number of hydrogen-bond acceptors (Lipinski definition) is 6. The maximum Gasteiger partial charge on any atom is 0.325 e. The van der Waals surface area contributed by atoms with Gasteiger partial charge in [-0.3, -0.25) is 10.3 Å². The van der Waals surface area contributed by atoms with E-state index < -0.39 is 6.03 Å². The summed E-state index contributed by atoms with van der Waals surface area (Å²) >= 11 is 1.26. The number of urea groups is 1. The Morgan fingerprint density at radius 3 is 2.74 bits per heavy atom. The molecule has 0 fully saturated rings. The number of benzene rings is 1. The molecule has 3 rings (SSSR count). The molecule has 0 aliphatic rings. The first-order valence-corrected chi connectivity index (χ1v) is 7.38. The zero-order valence-corrected chi connectivity index (χ0v) is 12.5. The number of pyridine rings is 1. The summed E-state index contributed by atoms with van der Waals surface area (Å²) in [7, 11) is 0. The minimum Gasteiger partial charge on any atom is -0.308 e. The van der Waals surface area contributed by atoms with Crippen molar-refractivity contribution in [3.63, 3.8) is 0 Å². The molecule has 2 amide bonds. The third-order valence-corrected chi connectivity index (χ3v) is 3.71. The number of nitrogens with one attached hydrogen (secondary N) is 2. The average Bonchev–Trinajstić information content (AvgIpc) is 3.04. The Kier molecular flexibility index (Phi) is 4.22. The highest BCUT2D eigenvalue weighted by Gasteiger charge is 2.09. The van der Waals surface area contributed by atoms with Crippen LogP contribution in [-0.2, 0) is 0 Å². The number of anilines is 2. The summed E-state index contributed by atoms with van der Waals surface area (Å²) < 4.78 is 0. The molecule has 8 heteroatoms. The van der Waals surface area contributed by atoms with Crippen LogP contribution in [0.4, 0.5) is 15.6 Å². The molecule has 0 saturated heterocycles. The fraction of sp³-hybridized carbons (Fsp3) is 0. The van der Waals surface area contributed by atoms with Gasteiger partial charge in [0.15, 0.2) is 0 Å². The molecule has 0 radical (unpaired) electrons. The van der Waals surface area contributed by atoms with Gasteiger partial charge in [0.05, 0.1) is 11.6 Å². The minimum atomic E-state index is -0.447. The van der Waals surface area contributed by atoms with Gasteiger partial charge >= 0.3 is 6.03 Å². The second-order valence-corrected chi connectivity index (χ2v) is 5.40. The Morgan fingerprint density at radius 1 is 1.13 bits per heavy atom. The maximum atomic E-state index is 12.0. The van der Waals surface area contributed by atoms with E-state index in [2.05, 4.69) is 25.8 Å². The van der Waals surface area contributed by atoms with Gasteiger partial charge in [-0.1, -0.05) is 17.4 Å². The summed E-state index contributed by atoms with van der Waals surface area (Å²) in [5.41, 5.74) is 1.88. The predicted octanol–water partition coefficient (Wildman–Crippen LogP) is 3.12. The zero-order valence-electron chi connectivity index (χ0n) is 11.7. The molecule has 0 spiro atoms. The molecule has 7 nitrogen and oxygen atoms in total. The quantitative estimate of drug-likeness (QED) is 0.771. The van der Waals surface area contributed by atoms with Crippen molar-refractivity contribution in [2.24, 2.45) is 0 Å². The molecule has 1 aromatic carbocycles. The molecule has 2 N–H and O–H groups in total. The highest BCUT2D eigenvalue weighted by atomic mass is 32.1. The number of hydrogen-bond donors (Lipinski definition) is 2. The van der Waals surface area contributed by atoms with E-state index in [-0.39, 0.29) is 0 Å². The predicted molar refractivity (Wildman–Crippen MR) is 86.9 cm³/mol. The van der Waals surface area contributed by atoms with Crippen LogP contribution in [0.15, 0.2) is 48.8 Å². The highest BCUT2D eigenvalue weighted by Crippen LogP contribution is 2.25. The van der Waals surface area contributed by atoms with Crippen LogP contribution in [0.25, 0.3) is 10.6 Å². The molecule has 112 valence electrons. The Bertz CT molecular complexity index is 871. The van der Waals surface area contributed by atoms with Crippen molar-refractivity contribution >= 4 is 28.2 Å². The topological polar surface area (TPSA) is 104 Å². The first-order valence-electron chi connectivity index (χ1n) is 6.56. The number of nitriles is 1. The van der Waals surface area contributed by atoms with Crippen molar-refractivity contribution in [3.8, 4) is 16.6 Å². The van der Waals surface area contributed by atoms with Crippen LogP contribution in [0.1, 0.15) is 5.56 Å². The van der Waals surface area contributed by atoms with Crippen LogP contribution in [0.3, 0.4) is 0 Å². The summed E-state index contributed by atoms with van der Waals surface area (Å²) in [5, 5.41) is 23.1. The lowest BCUT2D eigenvalue weighted by molar-refractivity contribution is 0.262. The number of rotatable bonds is 3. The van der Waals surface area contributed by atoms with Crippen molar-refractivity contribution < 1.29 is 4.79 Å². The standard InChI is InChI=1S/C15H10N6OS/c16-9-10-2-1-3-12(8-10)18-14(22)19-15-21-20-13(23-15)11-4-6-17-7-5-11/h1-8H,(H2,18,19,21,22). The van der Waals surface area contributed by atoms with E-state index in [9.17, 15) is 4.79 Å². The first-order chi connectivity index (χ1) is 11.2. The second-order valence-electron chi connectivity index (χ2n) is 4.42. The van der Waals surface area contributed by atoms with E-state index in [1.807, 2.05) is 18.2 Å². The number of nitrogens with zero attached hydrogens (tertiary/aromatic N) is 4. The maximum absolute atomic E-state index is 12.0. The molecule has 0 unspecified atom stereocenters. The van der Waals surface area contributed by atoms with Crippen LogP contribution in [-0.4, -0.2) is 21.2 Å². The Balaban J connectivity index is 1.67. The van der Waals surface area contributed by atoms with Crippen molar-refractivity contribution in [1.82, 2.24) is 15.2 Å². The summed E-state index contributed by atoms with van der Waals surface area (Å²) in [6, 6.07) is 11.8. The normalized spacial score (nSPS) is 9.87. The molecule has 2 heterocycles. The third-order valence-electron chi connectivity index (χ3n) is 2.82. The van der Waals surface area contributed by atoms with Crippen molar-refractivity contribution in [3.05, 3.63) is 54.4 Å². The molecular weight excluding hydrogens is 312 g/mol. The van der Waals surface area contributed by atoms with Gasteiger partial charge in [-0.15, -0.1) is 10.2 Å². The van der Waals surface area contributed by atoms with E-state index in [0.717, 1.165) is 5.56 Å². The monoisotopic (exact) mass is 322 g/mol. The van der Waals surface area contributed by atoms with Gasteiger partial charge in [0.25, 0.3) is 0 Å². The van der Waals surface area contributed by atoms with E-state index in [4.69, 9.17) is 5.26 Å². The van der Waals surface area contributed by atoms with Gasteiger partial charge in [0, 0.05) is 23.6 Å². The molecule has 0 saturated carbocycles. The van der Waals surface area contributed by atoms with Crippen molar-refractivity contribution in [2.75, 3.05) is 10.6 Å². The number of carbonyl (C=O) groups excluding carboxylic acids is 1. The Hall–Kier alpha value is -3.31. The van der Waals surface area contributed by atoms with Gasteiger partial charge in [0.1, 0.15) is 5.01 Å². The summed E-state index contributed by atoms with van der Waals surface area (Å²) in [6.07, 6.45) is 3.33. The van der Waals surface area contributed by atoms with E-state index in [1.54, 1.807) is 36.7 Å². The Morgan fingerprint density at radius 2 is 1.96 bits per heavy atom. The Labute approximate surface area is 135 Å². The highest BCUT2D eigenvalue weighted by molar-refractivity contribution is 7.18. The van der Waals surface area contributed by atoms with Crippen LogP contribution >= 0.6 is 11.3 Å². The average molecular weight is 322 g/mol. The number of carbonyl (C=O) groups is 1. The molecule has 0 atom stereocenters. The molecule has 0 aliphatic heterocycles. The van der Waals surface area contributed by atoms with Gasteiger partial charge in [-0.25, -0.2) is 4.79 Å². The first kappa shape index (κ1) is 14.6. The second kappa shape index (κ2) is 6.64. The van der Waals surface area contributed by atoms with E-state index in [0.29, 0.717) is 21.4 Å². The van der Waals surface area contributed by atoms with Gasteiger partial charge in [-0.2, -0.15) is 5.26 Å². The van der Waals surface area contributed by atoms with Crippen molar-refractivity contribution in [2.45, 2.75) is 0 Å². The molecule has 3 aromatic rings. The van der Waals surface area contributed by atoms with E-state index in [1.165, 1.54) is 11.3 Å². The van der Waals surface area contributed by atoms with Crippen LogP contribution in [0.5, 0.6) is 0 Å². The lowest BCUT2D eigenvalue weighted by Crippen LogP contribution is -2.19. The molecule has 2 aromatic heterocycles. The van der Waals surface area contributed by atoms with E-state index >= 15 is 0 Å². The third kappa shape index (κ3) is 3.66. The summed E-state index contributed by atoms with van der Waals surface area (Å²) in [4.78, 5) is 15.9. The largest absolute Gasteiger partial charge is 0.325 e. The molecular formula is C15H10N6OS. The zero-order chi connectivity index (χ0) is 16.1. The van der Waals surface area contributed by atoms with Gasteiger partial charge in [-0.05, 0) is 30.3 Å². The lowest BCUT2D eigenvalue weighted by Gasteiger charge is -2.04. The lowest BCUT2D eigenvalue weighted by atomic mass is 10.2. The number of amides is 2. The van der Waals surface area contributed by atoms with Gasteiger partial charge in [0.2, 0.25) is 5.13 Å². The van der Waals surface area contributed by atoms with Gasteiger partial charge < -0.3 is 5.32 Å². The van der Waals surface area contributed by atoms with Crippen LogP contribution in [0, 0.1) is 11.3 Å². The molecule has 0 bridgehead atoms. The number of aromatic nitrogens is 3. The summed E-state index contributed by atoms with van der Waals surface area (Å²) in [5.74, 6) is 0.